The third-order valence-corrected chi connectivity index (χ3v) is 5.80. The summed E-state index contributed by atoms with van der Waals surface area (Å²) >= 11 is 1.06. The van der Waals surface area contributed by atoms with Crippen molar-refractivity contribution in [1.82, 2.24) is 9.88 Å². The van der Waals surface area contributed by atoms with Crippen molar-refractivity contribution >= 4 is 45.0 Å². The molecule has 33 heavy (non-hydrogen) atoms. The van der Waals surface area contributed by atoms with E-state index in [1.165, 1.54) is 32.3 Å². The molecule has 3 aromatic rings. The summed E-state index contributed by atoms with van der Waals surface area (Å²) in [5, 5.41) is 0.280. The molecule has 11 heteroatoms. The number of nitrogens with zero attached hydrogens (tertiary/aromatic N) is 3. The van der Waals surface area contributed by atoms with E-state index in [1.54, 1.807) is 12.1 Å². The van der Waals surface area contributed by atoms with Crippen LogP contribution in [0.4, 0.5) is 13.9 Å². The first-order valence-corrected chi connectivity index (χ1v) is 10.6. The highest BCUT2D eigenvalue weighted by Crippen LogP contribution is 2.39. The number of methoxy groups -OCH3 is 3. The molecule has 0 aliphatic rings. The van der Waals surface area contributed by atoms with E-state index in [9.17, 15) is 13.6 Å². The fraction of sp³-hybridized carbons (Fsp3) is 0.364. The van der Waals surface area contributed by atoms with Gasteiger partial charge in [-0.3, -0.25) is 9.69 Å². The first-order valence-electron chi connectivity index (χ1n) is 9.81. The molecule has 1 heterocycles. The maximum Gasteiger partial charge on any atom is 0.260 e. The van der Waals surface area contributed by atoms with Gasteiger partial charge in [-0.2, -0.15) is 0 Å². The number of carbonyl (C=O) groups is 1. The summed E-state index contributed by atoms with van der Waals surface area (Å²) in [5.74, 6) is -0.802. The molecule has 7 nitrogen and oxygen atoms in total. The molecular formula is C22H26ClF2N3O4S. The number of hydrogen-bond acceptors (Lipinski definition) is 7. The lowest BCUT2D eigenvalue weighted by molar-refractivity contribution is 0.0985. The predicted molar refractivity (Wildman–Crippen MR) is 128 cm³/mol. The molecule has 0 aliphatic heterocycles. The third kappa shape index (κ3) is 5.82. The van der Waals surface area contributed by atoms with Crippen molar-refractivity contribution in [3.05, 3.63) is 41.5 Å². The normalized spacial score (nSPS) is 10.8. The number of ether oxygens (including phenoxy) is 3. The van der Waals surface area contributed by atoms with Gasteiger partial charge in [0.05, 0.1) is 26.0 Å². The van der Waals surface area contributed by atoms with Crippen molar-refractivity contribution < 1.29 is 27.8 Å². The van der Waals surface area contributed by atoms with Crippen LogP contribution >= 0.6 is 23.7 Å². The van der Waals surface area contributed by atoms with Crippen LogP contribution in [-0.4, -0.2) is 64.3 Å². The molecular weight excluding hydrogens is 476 g/mol. The zero-order valence-electron chi connectivity index (χ0n) is 19.0. The Balaban J connectivity index is 0.00000385. The van der Waals surface area contributed by atoms with Crippen molar-refractivity contribution in [3.63, 3.8) is 0 Å². The Hall–Kier alpha value is -2.69. The lowest BCUT2D eigenvalue weighted by atomic mass is 10.1. The number of thiazole rings is 1. The molecule has 1 amide bonds. The van der Waals surface area contributed by atoms with E-state index >= 15 is 0 Å². The molecule has 0 saturated heterocycles. The van der Waals surface area contributed by atoms with Crippen LogP contribution in [0.1, 0.15) is 16.8 Å². The van der Waals surface area contributed by atoms with Gasteiger partial charge in [0.25, 0.3) is 5.91 Å². The first kappa shape index (κ1) is 26.6. The predicted octanol–water partition coefficient (Wildman–Crippen LogP) is 4.62. The molecule has 0 atom stereocenters. The first-order chi connectivity index (χ1) is 15.3. The third-order valence-electron chi connectivity index (χ3n) is 4.78. The summed E-state index contributed by atoms with van der Waals surface area (Å²) in [7, 11) is 8.27. The van der Waals surface area contributed by atoms with Gasteiger partial charge in [-0.25, -0.2) is 13.8 Å². The summed E-state index contributed by atoms with van der Waals surface area (Å²) in [6.07, 6.45) is 0.649. The highest BCUT2D eigenvalue weighted by molar-refractivity contribution is 7.22. The van der Waals surface area contributed by atoms with Crippen LogP contribution in [0.5, 0.6) is 17.2 Å². The Morgan fingerprint density at radius 2 is 1.64 bits per heavy atom. The van der Waals surface area contributed by atoms with Gasteiger partial charge >= 0.3 is 0 Å². The Labute approximate surface area is 201 Å². The molecule has 0 saturated carbocycles. The number of rotatable bonds is 9. The van der Waals surface area contributed by atoms with Gasteiger partial charge < -0.3 is 19.1 Å². The Morgan fingerprint density at radius 3 is 2.18 bits per heavy atom. The highest BCUT2D eigenvalue weighted by atomic mass is 35.5. The zero-order valence-corrected chi connectivity index (χ0v) is 20.6. The van der Waals surface area contributed by atoms with Gasteiger partial charge in [-0.05, 0) is 45.3 Å². The molecule has 0 radical (unpaired) electrons. The van der Waals surface area contributed by atoms with Crippen LogP contribution in [0.2, 0.25) is 0 Å². The Kier molecular flexibility index (Phi) is 9.21. The second-order valence-electron chi connectivity index (χ2n) is 7.26. The number of aromatic nitrogens is 1. The summed E-state index contributed by atoms with van der Waals surface area (Å²) in [6, 6.07) is 5.09. The Morgan fingerprint density at radius 1 is 1.00 bits per heavy atom. The van der Waals surface area contributed by atoms with Crippen LogP contribution in [0, 0.1) is 11.6 Å². The van der Waals surface area contributed by atoms with Gasteiger partial charge in [0.1, 0.15) is 11.3 Å². The molecule has 0 aliphatic carbocycles. The van der Waals surface area contributed by atoms with Crippen molar-refractivity contribution in [2.45, 2.75) is 6.42 Å². The standard InChI is InChI=1S/C22H25F2N3O4S.ClH/c1-26(2)7-6-8-27(22-25-19-15(24)11-14(23)12-18(19)32-22)21(28)13-9-16(29-3)20(31-5)17(10-13)30-4;/h9-12H,6-8H2,1-5H3;1H. The van der Waals surface area contributed by atoms with Gasteiger partial charge in [0.15, 0.2) is 22.4 Å². The van der Waals surface area contributed by atoms with E-state index in [2.05, 4.69) is 4.98 Å². The maximum absolute atomic E-state index is 14.2. The number of carbonyl (C=O) groups excluding carboxylic acids is 1. The van der Waals surface area contributed by atoms with Crippen molar-refractivity contribution in [2.24, 2.45) is 0 Å². The van der Waals surface area contributed by atoms with E-state index in [0.717, 1.165) is 23.9 Å². The number of fused-ring (bicyclic) bond motifs is 1. The quantitative estimate of drug-likeness (QED) is 0.426. The molecule has 3 rings (SSSR count). The van der Waals surface area contributed by atoms with Crippen LogP contribution in [0.15, 0.2) is 24.3 Å². The van der Waals surface area contributed by atoms with E-state index in [0.29, 0.717) is 34.9 Å². The lowest BCUT2D eigenvalue weighted by Gasteiger charge is -2.22. The van der Waals surface area contributed by atoms with Gasteiger partial charge in [-0.15, -0.1) is 12.4 Å². The largest absolute Gasteiger partial charge is 0.493 e. The number of anilines is 1. The van der Waals surface area contributed by atoms with Gasteiger partial charge in [-0.1, -0.05) is 11.3 Å². The molecule has 0 unspecified atom stereocenters. The lowest BCUT2D eigenvalue weighted by Crippen LogP contribution is -2.33. The van der Waals surface area contributed by atoms with E-state index in [1.807, 2.05) is 19.0 Å². The summed E-state index contributed by atoms with van der Waals surface area (Å²) in [5.41, 5.74) is 0.317. The number of halogens is 3. The topological polar surface area (TPSA) is 64.1 Å². The second kappa shape index (κ2) is 11.4. The average molecular weight is 502 g/mol. The van der Waals surface area contributed by atoms with Crippen molar-refractivity contribution in [1.29, 1.82) is 0 Å². The van der Waals surface area contributed by atoms with E-state index in [-0.39, 0.29) is 34.5 Å². The molecule has 180 valence electrons. The fourth-order valence-corrected chi connectivity index (χ4v) is 4.28. The Bertz CT molecular complexity index is 1100. The van der Waals surface area contributed by atoms with Crippen molar-refractivity contribution in [2.75, 3.05) is 53.4 Å². The fourth-order valence-electron chi connectivity index (χ4n) is 3.25. The molecule has 0 bridgehead atoms. The molecule has 2 aromatic carbocycles. The summed E-state index contributed by atoms with van der Waals surface area (Å²) < 4.78 is 44.3. The van der Waals surface area contributed by atoms with Crippen LogP contribution in [0.25, 0.3) is 10.2 Å². The van der Waals surface area contributed by atoms with E-state index < -0.39 is 11.6 Å². The van der Waals surface area contributed by atoms with Gasteiger partial charge in [0, 0.05) is 18.2 Å². The van der Waals surface area contributed by atoms with Crippen LogP contribution < -0.4 is 19.1 Å². The van der Waals surface area contributed by atoms with E-state index in [4.69, 9.17) is 14.2 Å². The SMILES string of the molecule is COc1cc(C(=O)N(CCCN(C)C)c2nc3c(F)cc(F)cc3s2)cc(OC)c1OC.Cl. The number of benzene rings is 2. The molecule has 0 spiro atoms. The minimum Gasteiger partial charge on any atom is -0.493 e. The van der Waals surface area contributed by atoms with Gasteiger partial charge in [0.2, 0.25) is 5.75 Å². The highest BCUT2D eigenvalue weighted by Gasteiger charge is 2.25. The second-order valence-corrected chi connectivity index (χ2v) is 8.27. The van der Waals surface area contributed by atoms with Crippen LogP contribution in [-0.2, 0) is 0 Å². The molecule has 1 aromatic heterocycles. The minimum atomic E-state index is -0.768. The minimum absolute atomic E-state index is 0. The van der Waals surface area contributed by atoms with Crippen LogP contribution in [0.3, 0.4) is 0 Å². The van der Waals surface area contributed by atoms with Crippen molar-refractivity contribution in [3.8, 4) is 17.2 Å². The smallest absolute Gasteiger partial charge is 0.260 e. The molecule has 0 N–H and O–H groups in total. The monoisotopic (exact) mass is 501 g/mol. The number of amides is 1. The summed E-state index contributed by atoms with van der Waals surface area (Å²) in [6.45, 7) is 1.06. The summed E-state index contributed by atoms with van der Waals surface area (Å²) in [4.78, 5) is 21.3. The molecule has 0 fully saturated rings. The zero-order chi connectivity index (χ0) is 23.4. The average Bonchev–Trinajstić information content (AvgIpc) is 3.18. The maximum atomic E-state index is 14.2. The number of hydrogen-bond donors (Lipinski definition) is 0.